The van der Waals surface area contributed by atoms with Gasteiger partial charge < -0.3 is 9.88 Å². The Morgan fingerprint density at radius 1 is 1.48 bits per heavy atom. The van der Waals surface area contributed by atoms with Crippen molar-refractivity contribution < 1.29 is 4.79 Å². The van der Waals surface area contributed by atoms with Gasteiger partial charge in [-0.05, 0) is 25.8 Å². The fourth-order valence-electron chi connectivity index (χ4n) is 3.34. The summed E-state index contributed by atoms with van der Waals surface area (Å²) in [6, 6.07) is -0.0506. The van der Waals surface area contributed by atoms with E-state index in [4.69, 9.17) is 0 Å². The summed E-state index contributed by atoms with van der Waals surface area (Å²) in [5, 5.41) is 3.59. The first-order valence-electron chi connectivity index (χ1n) is 8.34. The van der Waals surface area contributed by atoms with Crippen molar-refractivity contribution in [3.05, 3.63) is 45.3 Å². The zero-order chi connectivity index (χ0) is 17.6. The van der Waals surface area contributed by atoms with Gasteiger partial charge in [-0.3, -0.25) is 14.2 Å². The summed E-state index contributed by atoms with van der Waals surface area (Å²) in [5.74, 6) is 0.678. The molecule has 1 atom stereocenters. The minimum absolute atomic E-state index is 0.0169. The fraction of sp³-hybridized carbons (Fsp3) is 0.412. The summed E-state index contributed by atoms with van der Waals surface area (Å²) < 4.78 is 3.66. The number of nitrogens with one attached hydrogen (secondary N) is 1. The molecular weight excluding hydrogens is 338 g/mol. The molecule has 8 heteroatoms. The highest BCUT2D eigenvalue weighted by atomic mass is 32.1. The van der Waals surface area contributed by atoms with E-state index in [0.29, 0.717) is 21.6 Å². The molecule has 1 N–H and O–H groups in total. The average Bonchev–Trinajstić information content (AvgIpc) is 3.28. The number of nitrogens with zero attached hydrogens (tertiary/aromatic N) is 4. The van der Waals surface area contributed by atoms with Crippen molar-refractivity contribution in [3.8, 4) is 0 Å². The second-order valence-corrected chi connectivity index (χ2v) is 7.46. The van der Waals surface area contributed by atoms with Crippen LogP contribution in [0.15, 0.2) is 23.5 Å². The van der Waals surface area contributed by atoms with Gasteiger partial charge in [-0.25, -0.2) is 9.97 Å². The van der Waals surface area contributed by atoms with Crippen LogP contribution < -0.4 is 10.9 Å². The highest BCUT2D eigenvalue weighted by Gasteiger charge is 2.23. The Labute approximate surface area is 148 Å². The Kier molecular flexibility index (Phi) is 3.91. The van der Waals surface area contributed by atoms with Crippen LogP contribution in [0.5, 0.6) is 0 Å². The first-order chi connectivity index (χ1) is 12.0. The smallest absolute Gasteiger partial charge is 0.262 e. The molecule has 3 aromatic heterocycles. The molecule has 1 aliphatic heterocycles. The molecule has 0 fully saturated rings. The molecule has 0 aromatic carbocycles. The van der Waals surface area contributed by atoms with Crippen molar-refractivity contribution >= 4 is 27.5 Å². The highest BCUT2D eigenvalue weighted by Crippen LogP contribution is 2.28. The summed E-state index contributed by atoms with van der Waals surface area (Å²) >= 11 is 1.31. The molecule has 0 radical (unpaired) electrons. The zero-order valence-electron chi connectivity index (χ0n) is 14.2. The summed E-state index contributed by atoms with van der Waals surface area (Å²) in [6.45, 7) is 5.14. The second kappa shape index (κ2) is 6.11. The number of carbonyl (C=O) groups excluding carboxylic acids is 1. The van der Waals surface area contributed by atoms with Crippen LogP contribution >= 0.6 is 11.3 Å². The van der Waals surface area contributed by atoms with Gasteiger partial charge in [0.1, 0.15) is 10.7 Å². The third-order valence-corrected chi connectivity index (χ3v) is 5.72. The number of hydrogen-bond acceptors (Lipinski definition) is 5. The van der Waals surface area contributed by atoms with E-state index >= 15 is 0 Å². The lowest BCUT2D eigenvalue weighted by molar-refractivity contribution is 0.0940. The van der Waals surface area contributed by atoms with E-state index < -0.39 is 0 Å². The Hall–Kier alpha value is -2.48. The molecular formula is C17H19N5O2S. The molecule has 0 spiro atoms. The number of aromatic nitrogens is 4. The number of aryl methyl sites for hydroxylation is 2. The summed E-state index contributed by atoms with van der Waals surface area (Å²) in [7, 11) is 0. The maximum absolute atomic E-state index is 12.7. The van der Waals surface area contributed by atoms with E-state index in [-0.39, 0.29) is 17.5 Å². The maximum atomic E-state index is 12.7. The lowest BCUT2D eigenvalue weighted by Gasteiger charge is -2.14. The molecule has 4 heterocycles. The third kappa shape index (κ3) is 2.76. The Bertz CT molecular complexity index is 1000. The molecule has 0 aliphatic carbocycles. The predicted molar refractivity (Wildman–Crippen MR) is 96.1 cm³/mol. The standard InChI is InChI=1S/C17H19N5O2S/c1-10(8-21-7-5-18-9-21)19-15(23)14-11(2)13-16(25-14)20-12-4-3-6-22(12)17(13)24/h5,7,9-10H,3-4,6,8H2,1-2H3,(H,19,23)/t10-/m0/s1. The van der Waals surface area contributed by atoms with Crippen LogP contribution in [-0.4, -0.2) is 31.1 Å². The van der Waals surface area contributed by atoms with E-state index in [0.717, 1.165) is 30.8 Å². The van der Waals surface area contributed by atoms with Crippen LogP contribution in [0.4, 0.5) is 0 Å². The van der Waals surface area contributed by atoms with Crippen molar-refractivity contribution in [1.82, 2.24) is 24.4 Å². The predicted octanol–water partition coefficient (Wildman–Crippen LogP) is 1.73. The zero-order valence-corrected chi connectivity index (χ0v) is 15.0. The van der Waals surface area contributed by atoms with Crippen molar-refractivity contribution in [3.63, 3.8) is 0 Å². The van der Waals surface area contributed by atoms with E-state index in [2.05, 4.69) is 15.3 Å². The minimum Gasteiger partial charge on any atom is -0.347 e. The number of imidazole rings is 1. The number of amides is 1. The van der Waals surface area contributed by atoms with Gasteiger partial charge in [-0.15, -0.1) is 11.3 Å². The summed E-state index contributed by atoms with van der Waals surface area (Å²) in [4.78, 5) is 35.2. The summed E-state index contributed by atoms with van der Waals surface area (Å²) in [6.07, 6.45) is 7.08. The van der Waals surface area contributed by atoms with E-state index in [1.54, 1.807) is 17.1 Å². The fourth-order valence-corrected chi connectivity index (χ4v) is 4.43. The van der Waals surface area contributed by atoms with Crippen LogP contribution in [-0.2, 0) is 19.5 Å². The first kappa shape index (κ1) is 16.0. The van der Waals surface area contributed by atoms with Gasteiger partial charge in [0, 0.05) is 37.9 Å². The molecule has 0 saturated carbocycles. The van der Waals surface area contributed by atoms with Crippen LogP contribution in [0.1, 0.15) is 34.4 Å². The summed E-state index contributed by atoms with van der Waals surface area (Å²) in [5.41, 5.74) is 0.712. The van der Waals surface area contributed by atoms with Gasteiger partial charge >= 0.3 is 0 Å². The number of carbonyl (C=O) groups is 1. The van der Waals surface area contributed by atoms with Crippen molar-refractivity contribution in [2.75, 3.05) is 0 Å². The van der Waals surface area contributed by atoms with E-state index in [9.17, 15) is 9.59 Å². The first-order valence-corrected chi connectivity index (χ1v) is 9.15. The van der Waals surface area contributed by atoms with Gasteiger partial charge in [0.05, 0.1) is 16.6 Å². The van der Waals surface area contributed by atoms with Crippen molar-refractivity contribution in [1.29, 1.82) is 0 Å². The largest absolute Gasteiger partial charge is 0.347 e. The SMILES string of the molecule is Cc1c(C(=O)N[C@@H](C)Cn2ccnc2)sc2nc3n(c(=O)c12)CCC3. The minimum atomic E-state index is -0.155. The van der Waals surface area contributed by atoms with E-state index in [1.165, 1.54) is 11.3 Å². The Morgan fingerprint density at radius 2 is 2.32 bits per heavy atom. The van der Waals surface area contributed by atoms with Gasteiger partial charge in [-0.1, -0.05) is 0 Å². The normalized spacial score (nSPS) is 14.6. The number of fused-ring (bicyclic) bond motifs is 2. The molecule has 0 bridgehead atoms. The second-order valence-electron chi connectivity index (χ2n) is 6.46. The quantitative estimate of drug-likeness (QED) is 0.771. The number of hydrogen-bond donors (Lipinski definition) is 1. The highest BCUT2D eigenvalue weighted by molar-refractivity contribution is 7.20. The molecule has 3 aromatic rings. The van der Waals surface area contributed by atoms with Crippen LogP contribution in [0, 0.1) is 6.92 Å². The lowest BCUT2D eigenvalue weighted by atomic mass is 10.2. The van der Waals surface area contributed by atoms with E-state index in [1.807, 2.05) is 24.6 Å². The van der Waals surface area contributed by atoms with Gasteiger partial charge in [0.25, 0.3) is 11.5 Å². The number of rotatable bonds is 4. The Balaban J connectivity index is 1.63. The van der Waals surface area contributed by atoms with Gasteiger partial charge in [0.2, 0.25) is 0 Å². The molecule has 4 rings (SSSR count). The molecule has 7 nitrogen and oxygen atoms in total. The molecule has 0 unspecified atom stereocenters. The lowest BCUT2D eigenvalue weighted by Crippen LogP contribution is -2.35. The molecule has 25 heavy (non-hydrogen) atoms. The maximum Gasteiger partial charge on any atom is 0.262 e. The average molecular weight is 357 g/mol. The van der Waals surface area contributed by atoms with Gasteiger partial charge in [0.15, 0.2) is 0 Å². The van der Waals surface area contributed by atoms with Crippen LogP contribution in [0.2, 0.25) is 0 Å². The topological polar surface area (TPSA) is 81.8 Å². The monoisotopic (exact) mass is 357 g/mol. The Morgan fingerprint density at radius 3 is 3.08 bits per heavy atom. The van der Waals surface area contributed by atoms with Crippen LogP contribution in [0.3, 0.4) is 0 Å². The molecule has 1 aliphatic rings. The van der Waals surface area contributed by atoms with Gasteiger partial charge in [-0.2, -0.15) is 0 Å². The molecule has 0 saturated heterocycles. The third-order valence-electron chi connectivity index (χ3n) is 4.54. The number of thiophene rings is 1. The molecule has 130 valence electrons. The molecule has 1 amide bonds. The van der Waals surface area contributed by atoms with Crippen molar-refractivity contribution in [2.24, 2.45) is 0 Å². The van der Waals surface area contributed by atoms with Crippen LogP contribution in [0.25, 0.3) is 10.2 Å². The van der Waals surface area contributed by atoms with Crippen molar-refractivity contribution in [2.45, 2.75) is 45.8 Å².